The van der Waals surface area contributed by atoms with Crippen LogP contribution in [0.3, 0.4) is 0 Å². The minimum absolute atomic E-state index is 0.130. The van der Waals surface area contributed by atoms with Crippen molar-refractivity contribution in [2.75, 3.05) is 7.11 Å². The predicted octanol–water partition coefficient (Wildman–Crippen LogP) is 7.61. The van der Waals surface area contributed by atoms with E-state index < -0.39 is 35.4 Å². The van der Waals surface area contributed by atoms with Crippen LogP contribution in [0, 0.1) is 5.92 Å². The summed E-state index contributed by atoms with van der Waals surface area (Å²) in [5.74, 6) is -4.01. The Morgan fingerprint density at radius 2 is 1.40 bits per heavy atom. The van der Waals surface area contributed by atoms with Crippen LogP contribution in [0.1, 0.15) is 109 Å². The number of hydrogen-bond donors (Lipinski definition) is 3. The lowest BCUT2D eigenvalue weighted by Gasteiger charge is -2.30. The summed E-state index contributed by atoms with van der Waals surface area (Å²) in [4.78, 5) is 50.7. The molecule has 0 aliphatic heterocycles. The predicted molar refractivity (Wildman–Crippen MR) is 186 cm³/mol. The number of amides is 1. The molecular formula is C39H55NO7. The van der Waals surface area contributed by atoms with Gasteiger partial charge in [0.15, 0.2) is 5.60 Å². The molecule has 8 nitrogen and oxygen atoms in total. The largest absolute Gasteiger partial charge is 0.479 e. The summed E-state index contributed by atoms with van der Waals surface area (Å²) in [6.45, 7) is 3.91. The van der Waals surface area contributed by atoms with Crippen LogP contribution in [0.15, 0.2) is 66.7 Å². The fourth-order valence-electron chi connectivity index (χ4n) is 5.76. The number of benzene rings is 2. The third-order valence-corrected chi connectivity index (χ3v) is 8.57. The lowest BCUT2D eigenvalue weighted by atomic mass is 9.82. The zero-order valence-electron chi connectivity index (χ0n) is 28.5. The summed E-state index contributed by atoms with van der Waals surface area (Å²) in [5.41, 5.74) is 0.493. The van der Waals surface area contributed by atoms with Crippen LogP contribution in [-0.4, -0.2) is 52.6 Å². The summed E-state index contributed by atoms with van der Waals surface area (Å²) in [5, 5.41) is 23.9. The highest BCUT2D eigenvalue weighted by molar-refractivity contribution is 5.92. The summed E-state index contributed by atoms with van der Waals surface area (Å²) in [7, 11) is 1.23. The number of methoxy groups -OCH3 is 1. The van der Waals surface area contributed by atoms with Gasteiger partial charge in [0.05, 0.1) is 13.0 Å². The van der Waals surface area contributed by atoms with Gasteiger partial charge in [0, 0.05) is 19.3 Å². The van der Waals surface area contributed by atoms with Gasteiger partial charge in [-0.05, 0) is 48.8 Å². The van der Waals surface area contributed by atoms with Gasteiger partial charge >= 0.3 is 11.9 Å². The minimum atomic E-state index is -2.34. The van der Waals surface area contributed by atoms with E-state index in [0.29, 0.717) is 31.5 Å². The maximum atomic E-state index is 13.6. The number of aliphatic hydroxyl groups is 1. The van der Waals surface area contributed by atoms with Crippen molar-refractivity contribution in [3.63, 3.8) is 0 Å². The molecule has 0 heterocycles. The molecule has 0 bridgehead atoms. The Morgan fingerprint density at radius 1 is 0.809 bits per heavy atom. The second-order valence-corrected chi connectivity index (χ2v) is 12.4. The molecule has 47 heavy (non-hydrogen) atoms. The molecule has 0 aliphatic carbocycles. The molecule has 0 fully saturated rings. The van der Waals surface area contributed by atoms with E-state index in [0.717, 1.165) is 55.2 Å². The average Bonchev–Trinajstić information content (AvgIpc) is 3.07. The number of allylic oxidation sites excluding steroid dienone is 1. The van der Waals surface area contributed by atoms with Crippen molar-refractivity contribution in [3.8, 4) is 11.1 Å². The van der Waals surface area contributed by atoms with Gasteiger partial charge in [-0.25, -0.2) is 9.59 Å². The minimum Gasteiger partial charge on any atom is -0.479 e. The monoisotopic (exact) mass is 649 g/mol. The van der Waals surface area contributed by atoms with Crippen molar-refractivity contribution < 1.29 is 34.1 Å². The van der Waals surface area contributed by atoms with E-state index >= 15 is 0 Å². The lowest BCUT2D eigenvalue weighted by molar-refractivity contribution is -0.167. The van der Waals surface area contributed by atoms with E-state index in [9.17, 15) is 29.4 Å². The number of nitrogens with one attached hydrogen (secondary N) is 1. The number of carboxylic acid groups (broad SMARTS) is 1. The Bertz CT molecular complexity index is 1260. The first kappa shape index (κ1) is 39.4. The number of ketones is 1. The molecule has 0 radical (unpaired) electrons. The molecule has 0 unspecified atom stereocenters. The number of Topliss-reactive ketones (excluding diaryl/α,β-unsaturated/α-hetero) is 1. The highest BCUT2D eigenvalue weighted by Gasteiger charge is 2.46. The zero-order chi connectivity index (χ0) is 34.5. The first-order chi connectivity index (χ1) is 22.7. The van der Waals surface area contributed by atoms with Gasteiger partial charge in [0.2, 0.25) is 5.91 Å². The molecule has 2 aromatic rings. The van der Waals surface area contributed by atoms with Crippen LogP contribution in [0.5, 0.6) is 0 Å². The number of aliphatic carboxylic acids is 1. The Labute approximate surface area is 281 Å². The van der Waals surface area contributed by atoms with Gasteiger partial charge in [0.25, 0.3) is 0 Å². The number of unbranched alkanes of at least 4 members (excludes halogenated alkanes) is 8. The Morgan fingerprint density at radius 3 is 1.98 bits per heavy atom. The molecular weight excluding hydrogens is 594 g/mol. The van der Waals surface area contributed by atoms with Crippen molar-refractivity contribution in [3.05, 3.63) is 72.3 Å². The van der Waals surface area contributed by atoms with Gasteiger partial charge in [0.1, 0.15) is 11.8 Å². The van der Waals surface area contributed by atoms with Gasteiger partial charge < -0.3 is 20.3 Å². The van der Waals surface area contributed by atoms with Crippen molar-refractivity contribution in [2.24, 2.45) is 5.92 Å². The highest BCUT2D eigenvalue weighted by atomic mass is 16.5. The SMILES string of the molecule is CCCCCCCC(=O)CCCCCCC=C[C@H](C(=O)N[C@@H](Cc1ccc(-c2ccccc2)cc1)C(=O)OC)[C@@](O)(CCC)C(=O)O. The molecule has 8 heteroatoms. The van der Waals surface area contributed by atoms with E-state index in [1.54, 1.807) is 13.0 Å². The summed E-state index contributed by atoms with van der Waals surface area (Å²) in [6.07, 6.45) is 14.5. The van der Waals surface area contributed by atoms with Crippen molar-refractivity contribution in [1.29, 1.82) is 0 Å². The zero-order valence-corrected chi connectivity index (χ0v) is 28.5. The fraction of sp³-hybridized carbons (Fsp3) is 0.538. The standard InChI is InChI=1S/C39H55NO7/c1-4-6-7-10-16-21-33(41)22-17-11-8-9-12-18-23-34(39(46,28-5-2)38(44)45)36(42)40-35(37(43)47-3)29-30-24-26-32(27-25-30)31-19-14-13-15-20-31/h13-15,18-20,23-27,34-35,46H,4-12,16-17,21-22,28-29H2,1-3H3,(H,40,42)(H,44,45)/t34-,35+,39+/m1/s1. The third-order valence-electron chi connectivity index (χ3n) is 8.57. The van der Waals surface area contributed by atoms with Crippen molar-refractivity contribution >= 4 is 23.6 Å². The normalized spacial score (nSPS) is 13.9. The van der Waals surface area contributed by atoms with Crippen LogP contribution >= 0.6 is 0 Å². The maximum Gasteiger partial charge on any atom is 0.336 e. The van der Waals surface area contributed by atoms with E-state index in [1.807, 2.05) is 54.6 Å². The second-order valence-electron chi connectivity index (χ2n) is 12.4. The van der Waals surface area contributed by atoms with Gasteiger partial charge in [-0.3, -0.25) is 9.59 Å². The number of hydrogen-bond acceptors (Lipinski definition) is 6. The molecule has 3 N–H and O–H groups in total. The molecule has 0 saturated carbocycles. The first-order valence-electron chi connectivity index (χ1n) is 17.3. The van der Waals surface area contributed by atoms with Gasteiger partial charge in [-0.2, -0.15) is 0 Å². The molecule has 0 aromatic heterocycles. The number of carboxylic acids is 1. The van der Waals surface area contributed by atoms with Crippen molar-refractivity contribution in [2.45, 2.75) is 122 Å². The van der Waals surface area contributed by atoms with Crippen LogP contribution in [0.25, 0.3) is 11.1 Å². The molecule has 258 valence electrons. The molecule has 2 aromatic carbocycles. The third kappa shape index (κ3) is 13.9. The van der Waals surface area contributed by atoms with Gasteiger partial charge in [-0.15, -0.1) is 0 Å². The number of rotatable bonds is 24. The molecule has 0 aliphatic rings. The number of carbonyl (C=O) groups excluding carboxylic acids is 3. The number of carbonyl (C=O) groups is 4. The van der Waals surface area contributed by atoms with Crippen LogP contribution in [0.4, 0.5) is 0 Å². The Balaban J connectivity index is 2.01. The topological polar surface area (TPSA) is 130 Å². The fourth-order valence-corrected chi connectivity index (χ4v) is 5.76. The summed E-state index contributed by atoms with van der Waals surface area (Å²) < 4.78 is 4.96. The van der Waals surface area contributed by atoms with E-state index in [1.165, 1.54) is 32.4 Å². The van der Waals surface area contributed by atoms with E-state index in [2.05, 4.69) is 12.2 Å². The van der Waals surface area contributed by atoms with Gasteiger partial charge in [-0.1, -0.05) is 126 Å². The maximum absolute atomic E-state index is 13.6. The highest BCUT2D eigenvalue weighted by Crippen LogP contribution is 2.27. The van der Waals surface area contributed by atoms with E-state index in [4.69, 9.17) is 4.74 Å². The molecule has 2 rings (SSSR count). The Hall–Kier alpha value is -3.78. The van der Waals surface area contributed by atoms with E-state index in [-0.39, 0.29) is 12.8 Å². The Kier molecular flexibility index (Phi) is 18.4. The lowest BCUT2D eigenvalue weighted by Crippen LogP contribution is -2.54. The van der Waals surface area contributed by atoms with Crippen LogP contribution in [0.2, 0.25) is 0 Å². The quantitative estimate of drug-likeness (QED) is 0.0606. The molecule has 0 spiro atoms. The first-order valence-corrected chi connectivity index (χ1v) is 17.3. The van der Waals surface area contributed by atoms with Crippen LogP contribution < -0.4 is 5.32 Å². The molecule has 0 saturated heterocycles. The molecule has 1 amide bonds. The molecule has 3 atom stereocenters. The average molecular weight is 650 g/mol. The van der Waals surface area contributed by atoms with Crippen molar-refractivity contribution in [1.82, 2.24) is 5.32 Å². The second kappa shape index (κ2) is 21.9. The number of ether oxygens (including phenoxy) is 1. The summed E-state index contributed by atoms with van der Waals surface area (Å²) in [6, 6.07) is 16.4. The number of esters is 1. The van der Waals surface area contributed by atoms with Crippen LogP contribution in [-0.2, 0) is 30.3 Å². The smallest absolute Gasteiger partial charge is 0.336 e. The summed E-state index contributed by atoms with van der Waals surface area (Å²) >= 11 is 0.